The molecular formula is C12H19ClN2. The van der Waals surface area contributed by atoms with Gasteiger partial charge in [0.05, 0.1) is 10.7 Å². The number of halogens is 1. The molecule has 0 saturated carbocycles. The van der Waals surface area contributed by atoms with Crippen molar-refractivity contribution >= 4 is 17.3 Å². The highest BCUT2D eigenvalue weighted by Crippen LogP contribution is 2.25. The van der Waals surface area contributed by atoms with E-state index < -0.39 is 0 Å². The van der Waals surface area contributed by atoms with Gasteiger partial charge in [0.2, 0.25) is 0 Å². The van der Waals surface area contributed by atoms with Crippen molar-refractivity contribution in [3.63, 3.8) is 0 Å². The van der Waals surface area contributed by atoms with E-state index in [4.69, 9.17) is 11.6 Å². The lowest BCUT2D eigenvalue weighted by atomic mass is 10.2. The number of hydrogen-bond acceptors (Lipinski definition) is 2. The molecule has 0 aliphatic rings. The van der Waals surface area contributed by atoms with E-state index in [1.165, 1.54) is 5.56 Å². The number of rotatable bonds is 4. The molecule has 0 aliphatic heterocycles. The molecule has 0 spiro atoms. The molecule has 2 nitrogen and oxygen atoms in total. The summed E-state index contributed by atoms with van der Waals surface area (Å²) < 4.78 is 0. The van der Waals surface area contributed by atoms with Crippen LogP contribution in [0.2, 0.25) is 5.02 Å². The third-order valence-corrected chi connectivity index (χ3v) is 2.99. The average molecular weight is 227 g/mol. The first-order valence-corrected chi connectivity index (χ1v) is 5.55. The highest BCUT2D eigenvalue weighted by Gasteiger charge is 2.07. The van der Waals surface area contributed by atoms with Crippen LogP contribution in [0.5, 0.6) is 0 Å². The number of anilines is 1. The summed E-state index contributed by atoms with van der Waals surface area (Å²) in [6, 6.07) is 6.44. The molecule has 1 atom stereocenters. The lowest BCUT2D eigenvalue weighted by Gasteiger charge is -2.21. The maximum absolute atomic E-state index is 6.12. The Morgan fingerprint density at radius 2 is 2.07 bits per heavy atom. The number of hydrogen-bond donors (Lipinski definition) is 1. The molecule has 0 radical (unpaired) electrons. The van der Waals surface area contributed by atoms with Gasteiger partial charge >= 0.3 is 0 Å². The topological polar surface area (TPSA) is 15.3 Å². The summed E-state index contributed by atoms with van der Waals surface area (Å²) in [4.78, 5) is 2.18. The largest absolute Gasteiger partial charge is 0.382 e. The first-order chi connectivity index (χ1) is 7.02. The minimum Gasteiger partial charge on any atom is -0.382 e. The molecule has 1 rings (SSSR count). The molecule has 0 fully saturated rings. The summed E-state index contributed by atoms with van der Waals surface area (Å²) in [7, 11) is 4.15. The zero-order chi connectivity index (χ0) is 11.4. The Hall–Kier alpha value is -0.730. The second-order valence-corrected chi connectivity index (χ2v) is 4.53. The van der Waals surface area contributed by atoms with Crippen molar-refractivity contribution in [1.29, 1.82) is 0 Å². The average Bonchev–Trinajstić information content (AvgIpc) is 2.16. The van der Waals surface area contributed by atoms with E-state index in [1.807, 2.05) is 12.1 Å². The van der Waals surface area contributed by atoms with Crippen molar-refractivity contribution in [2.24, 2.45) is 0 Å². The molecule has 1 aromatic carbocycles. The van der Waals surface area contributed by atoms with Crippen LogP contribution in [0.25, 0.3) is 0 Å². The van der Waals surface area contributed by atoms with Crippen LogP contribution >= 0.6 is 11.6 Å². The van der Waals surface area contributed by atoms with Crippen molar-refractivity contribution in [1.82, 2.24) is 4.90 Å². The van der Waals surface area contributed by atoms with E-state index >= 15 is 0 Å². The third-order valence-electron chi connectivity index (χ3n) is 2.68. The van der Waals surface area contributed by atoms with Crippen LogP contribution in [0, 0.1) is 6.92 Å². The summed E-state index contributed by atoms with van der Waals surface area (Å²) in [6.45, 7) is 5.14. The van der Waals surface area contributed by atoms with E-state index in [1.54, 1.807) is 0 Å². The fraction of sp³-hybridized carbons (Fsp3) is 0.500. The number of nitrogens with one attached hydrogen (secondary N) is 1. The van der Waals surface area contributed by atoms with Gasteiger partial charge < -0.3 is 10.2 Å². The molecule has 1 N–H and O–H groups in total. The van der Waals surface area contributed by atoms with Gasteiger partial charge in [0.15, 0.2) is 0 Å². The number of aryl methyl sites for hydroxylation is 1. The first kappa shape index (κ1) is 12.3. The second kappa shape index (κ2) is 5.38. The Labute approximate surface area is 97.2 Å². The molecule has 15 heavy (non-hydrogen) atoms. The van der Waals surface area contributed by atoms with Gasteiger partial charge in [-0.3, -0.25) is 0 Å². The van der Waals surface area contributed by atoms with Crippen molar-refractivity contribution < 1.29 is 0 Å². The zero-order valence-electron chi connectivity index (χ0n) is 9.84. The molecule has 0 amide bonds. The molecule has 0 heterocycles. The van der Waals surface area contributed by atoms with Crippen LogP contribution in [-0.2, 0) is 0 Å². The van der Waals surface area contributed by atoms with Crippen molar-refractivity contribution in [3.8, 4) is 0 Å². The highest BCUT2D eigenvalue weighted by atomic mass is 35.5. The zero-order valence-corrected chi connectivity index (χ0v) is 10.6. The number of para-hydroxylation sites is 1. The van der Waals surface area contributed by atoms with Crippen LogP contribution in [0.1, 0.15) is 12.5 Å². The lowest BCUT2D eigenvalue weighted by Crippen LogP contribution is -2.31. The van der Waals surface area contributed by atoms with Crippen LogP contribution in [0.3, 0.4) is 0 Å². The van der Waals surface area contributed by atoms with Gasteiger partial charge in [-0.05, 0) is 39.6 Å². The summed E-state index contributed by atoms with van der Waals surface area (Å²) in [5.74, 6) is 0. The smallest absolute Gasteiger partial charge is 0.0640 e. The van der Waals surface area contributed by atoms with Crippen molar-refractivity contribution in [3.05, 3.63) is 28.8 Å². The number of likely N-dealkylation sites (N-methyl/N-ethyl adjacent to an activating group) is 1. The maximum atomic E-state index is 6.12. The minimum atomic E-state index is 0.487. The van der Waals surface area contributed by atoms with Crippen molar-refractivity contribution in [2.75, 3.05) is 26.0 Å². The molecular weight excluding hydrogens is 208 g/mol. The predicted molar refractivity (Wildman–Crippen MR) is 67.8 cm³/mol. The molecule has 84 valence electrons. The monoisotopic (exact) mass is 226 g/mol. The SMILES string of the molecule is Cc1cccc(Cl)c1NCC(C)N(C)C. The van der Waals surface area contributed by atoms with E-state index in [0.717, 1.165) is 17.3 Å². The Balaban J connectivity index is 2.65. The van der Waals surface area contributed by atoms with E-state index in [0.29, 0.717) is 6.04 Å². The predicted octanol–water partition coefficient (Wildman–Crippen LogP) is 3.01. The van der Waals surface area contributed by atoms with Gasteiger partial charge in [-0.1, -0.05) is 23.7 Å². The van der Waals surface area contributed by atoms with Crippen LogP contribution in [0.15, 0.2) is 18.2 Å². The fourth-order valence-corrected chi connectivity index (χ4v) is 1.58. The Morgan fingerprint density at radius 1 is 1.40 bits per heavy atom. The fourth-order valence-electron chi connectivity index (χ4n) is 1.29. The van der Waals surface area contributed by atoms with Gasteiger partial charge in [-0.25, -0.2) is 0 Å². The normalized spacial score (nSPS) is 12.9. The summed E-state index contributed by atoms with van der Waals surface area (Å²) in [5, 5.41) is 4.18. The molecule has 1 aromatic rings. The van der Waals surface area contributed by atoms with Gasteiger partial charge in [-0.15, -0.1) is 0 Å². The summed E-state index contributed by atoms with van der Waals surface area (Å²) >= 11 is 6.12. The molecule has 0 saturated heterocycles. The Morgan fingerprint density at radius 3 is 2.60 bits per heavy atom. The Kier molecular flexibility index (Phi) is 4.43. The van der Waals surface area contributed by atoms with E-state index in [2.05, 4.69) is 44.2 Å². The van der Waals surface area contributed by atoms with Gasteiger partial charge in [0.1, 0.15) is 0 Å². The van der Waals surface area contributed by atoms with Crippen molar-refractivity contribution in [2.45, 2.75) is 19.9 Å². The second-order valence-electron chi connectivity index (χ2n) is 4.13. The highest BCUT2D eigenvalue weighted by molar-refractivity contribution is 6.33. The molecule has 3 heteroatoms. The summed E-state index contributed by atoms with van der Waals surface area (Å²) in [5.41, 5.74) is 2.24. The van der Waals surface area contributed by atoms with Gasteiger partial charge in [-0.2, -0.15) is 0 Å². The summed E-state index contributed by atoms with van der Waals surface area (Å²) in [6.07, 6.45) is 0. The quantitative estimate of drug-likeness (QED) is 0.849. The van der Waals surface area contributed by atoms with Crippen LogP contribution in [0.4, 0.5) is 5.69 Å². The minimum absolute atomic E-state index is 0.487. The molecule has 0 aliphatic carbocycles. The molecule has 0 aromatic heterocycles. The number of benzene rings is 1. The van der Waals surface area contributed by atoms with E-state index in [-0.39, 0.29) is 0 Å². The molecule has 0 bridgehead atoms. The van der Waals surface area contributed by atoms with Crippen LogP contribution < -0.4 is 5.32 Å². The first-order valence-electron chi connectivity index (χ1n) is 5.17. The van der Waals surface area contributed by atoms with Crippen LogP contribution in [-0.4, -0.2) is 31.6 Å². The Bertz CT molecular complexity index is 303. The third kappa shape index (κ3) is 3.40. The molecule has 1 unspecified atom stereocenters. The maximum Gasteiger partial charge on any atom is 0.0640 e. The van der Waals surface area contributed by atoms with Gasteiger partial charge in [0, 0.05) is 12.6 Å². The van der Waals surface area contributed by atoms with E-state index in [9.17, 15) is 0 Å². The standard InChI is InChI=1S/C12H19ClN2/c1-9-6-5-7-11(13)12(9)14-8-10(2)15(3)4/h5-7,10,14H,8H2,1-4H3. The number of nitrogens with zero attached hydrogens (tertiary/aromatic N) is 1. The lowest BCUT2D eigenvalue weighted by molar-refractivity contribution is 0.326. The van der Waals surface area contributed by atoms with Gasteiger partial charge in [0.25, 0.3) is 0 Å².